The molecule has 0 saturated heterocycles. The molecule has 1 N–H and O–H groups in total. The van der Waals surface area contributed by atoms with E-state index in [4.69, 9.17) is 0 Å². The first-order chi connectivity index (χ1) is 15.8. The van der Waals surface area contributed by atoms with Crippen molar-refractivity contribution in [2.45, 2.75) is 51.6 Å². The summed E-state index contributed by atoms with van der Waals surface area (Å²) in [7, 11) is 3.49. The fourth-order valence-corrected chi connectivity index (χ4v) is 4.59. The van der Waals surface area contributed by atoms with Gasteiger partial charge in [0.2, 0.25) is 5.95 Å². The Morgan fingerprint density at radius 1 is 1.00 bits per heavy atom. The minimum atomic E-state index is -0.124. The maximum atomic E-state index is 12.6. The normalized spacial score (nSPS) is 18.7. The summed E-state index contributed by atoms with van der Waals surface area (Å²) in [6.07, 6.45) is 4.94. The average molecular weight is 450 g/mol. The lowest BCUT2D eigenvalue weighted by Crippen LogP contribution is -2.35. The maximum Gasteiger partial charge on any atom is 0.267 e. The van der Waals surface area contributed by atoms with Gasteiger partial charge in [0.15, 0.2) is 11.5 Å². The van der Waals surface area contributed by atoms with E-state index in [1.54, 1.807) is 46.5 Å². The maximum absolute atomic E-state index is 12.6. The standard InChI is InChI=1S/C22H27N9O2/c1-13-11-14(2)30(25-13)18-9-10-19(32)31(26-18)16-7-5-15(6-8-16)23-22-24-20-17(12-28(3)27-20)21(33)29(22)4/h9-12,15-16H,5-8H2,1-4H3,(H,23,24,27). The lowest BCUT2D eigenvalue weighted by molar-refractivity contribution is 0.302. The molecule has 4 aromatic rings. The monoisotopic (exact) mass is 449 g/mol. The van der Waals surface area contributed by atoms with Crippen LogP contribution >= 0.6 is 0 Å². The van der Waals surface area contributed by atoms with E-state index >= 15 is 0 Å². The van der Waals surface area contributed by atoms with Crippen LogP contribution < -0.4 is 16.4 Å². The molecule has 0 radical (unpaired) electrons. The predicted octanol–water partition coefficient (Wildman–Crippen LogP) is 1.62. The molecule has 33 heavy (non-hydrogen) atoms. The number of hydrogen-bond acceptors (Lipinski definition) is 7. The molecule has 4 heterocycles. The summed E-state index contributed by atoms with van der Waals surface area (Å²) >= 11 is 0. The van der Waals surface area contributed by atoms with Crippen molar-refractivity contribution in [3.05, 3.63) is 56.5 Å². The van der Waals surface area contributed by atoms with Gasteiger partial charge in [0.05, 0.1) is 11.7 Å². The van der Waals surface area contributed by atoms with E-state index in [9.17, 15) is 9.59 Å². The Hall–Kier alpha value is -3.76. The second-order valence-corrected chi connectivity index (χ2v) is 8.80. The molecule has 1 saturated carbocycles. The van der Waals surface area contributed by atoms with E-state index in [1.807, 2.05) is 19.9 Å². The van der Waals surface area contributed by atoms with E-state index in [0.29, 0.717) is 22.8 Å². The number of fused-ring (bicyclic) bond motifs is 1. The molecular formula is C22H27N9O2. The lowest BCUT2D eigenvalue weighted by atomic mass is 9.91. The van der Waals surface area contributed by atoms with Crippen molar-refractivity contribution in [1.29, 1.82) is 0 Å². The van der Waals surface area contributed by atoms with Gasteiger partial charge in [-0.25, -0.2) is 9.36 Å². The van der Waals surface area contributed by atoms with Crippen LogP contribution in [0.25, 0.3) is 16.9 Å². The molecule has 172 valence electrons. The van der Waals surface area contributed by atoms with Crippen LogP contribution in [-0.2, 0) is 14.1 Å². The summed E-state index contributed by atoms with van der Waals surface area (Å²) in [6.45, 7) is 3.90. The van der Waals surface area contributed by atoms with E-state index in [-0.39, 0.29) is 23.2 Å². The van der Waals surface area contributed by atoms with Gasteiger partial charge in [-0.1, -0.05) is 0 Å². The SMILES string of the molecule is Cc1cc(C)n(-c2ccc(=O)n(C3CCC(Nc4nc5nn(C)cc5c(=O)n4C)CC3)n2)n1. The van der Waals surface area contributed by atoms with E-state index in [0.717, 1.165) is 37.1 Å². The van der Waals surface area contributed by atoms with Crippen LogP contribution in [-0.4, -0.2) is 44.9 Å². The molecule has 11 nitrogen and oxygen atoms in total. The highest BCUT2D eigenvalue weighted by Crippen LogP contribution is 2.29. The second-order valence-electron chi connectivity index (χ2n) is 8.80. The van der Waals surface area contributed by atoms with Crippen molar-refractivity contribution in [3.8, 4) is 5.82 Å². The Labute approximate surface area is 189 Å². The van der Waals surface area contributed by atoms with E-state index in [2.05, 4.69) is 25.6 Å². The van der Waals surface area contributed by atoms with Gasteiger partial charge in [-0.3, -0.25) is 18.8 Å². The van der Waals surface area contributed by atoms with E-state index < -0.39 is 0 Å². The minimum absolute atomic E-state index is 0.0162. The fourth-order valence-electron chi connectivity index (χ4n) is 4.59. The molecule has 1 aliphatic carbocycles. The molecule has 5 rings (SSSR count). The third-order valence-corrected chi connectivity index (χ3v) is 6.29. The summed E-state index contributed by atoms with van der Waals surface area (Å²) in [4.78, 5) is 29.7. The molecule has 0 amide bonds. The van der Waals surface area contributed by atoms with Gasteiger partial charge in [0.25, 0.3) is 11.1 Å². The smallest absolute Gasteiger partial charge is 0.267 e. The summed E-state index contributed by atoms with van der Waals surface area (Å²) in [5.74, 6) is 1.15. The third kappa shape index (κ3) is 3.83. The summed E-state index contributed by atoms with van der Waals surface area (Å²) in [5, 5.41) is 17.3. The zero-order chi connectivity index (χ0) is 23.3. The van der Waals surface area contributed by atoms with Crippen molar-refractivity contribution in [2.75, 3.05) is 5.32 Å². The largest absolute Gasteiger partial charge is 0.353 e. The van der Waals surface area contributed by atoms with Crippen molar-refractivity contribution in [3.63, 3.8) is 0 Å². The Morgan fingerprint density at radius 3 is 2.45 bits per heavy atom. The summed E-state index contributed by atoms with van der Waals surface area (Å²) in [5.41, 5.74) is 2.09. The molecule has 4 aromatic heterocycles. The second kappa shape index (κ2) is 7.98. The van der Waals surface area contributed by atoms with Crippen molar-refractivity contribution >= 4 is 17.0 Å². The van der Waals surface area contributed by atoms with E-state index in [1.165, 1.54) is 4.57 Å². The summed E-state index contributed by atoms with van der Waals surface area (Å²) < 4.78 is 6.48. The van der Waals surface area contributed by atoms with Gasteiger partial charge in [0, 0.05) is 38.1 Å². The van der Waals surface area contributed by atoms with Gasteiger partial charge in [-0.15, -0.1) is 5.10 Å². The quantitative estimate of drug-likeness (QED) is 0.503. The van der Waals surface area contributed by atoms with Crippen LogP contribution in [0.15, 0.2) is 34.0 Å². The molecule has 0 spiro atoms. The Bertz CT molecular complexity index is 1450. The number of nitrogens with one attached hydrogen (secondary N) is 1. The third-order valence-electron chi connectivity index (χ3n) is 6.29. The molecule has 1 fully saturated rings. The number of aromatic nitrogens is 8. The first-order valence-electron chi connectivity index (χ1n) is 11.1. The number of nitrogens with zero attached hydrogens (tertiary/aromatic N) is 8. The number of anilines is 1. The Kier molecular flexibility index (Phi) is 5.10. The van der Waals surface area contributed by atoms with Crippen molar-refractivity contribution in [2.24, 2.45) is 14.1 Å². The van der Waals surface area contributed by atoms with Gasteiger partial charge in [-0.2, -0.15) is 15.2 Å². The highest BCUT2D eigenvalue weighted by Gasteiger charge is 2.25. The van der Waals surface area contributed by atoms with Crippen LogP contribution in [0.2, 0.25) is 0 Å². The topological polar surface area (TPSA) is 117 Å². The van der Waals surface area contributed by atoms with Crippen molar-refractivity contribution in [1.82, 2.24) is 38.9 Å². The van der Waals surface area contributed by atoms with Gasteiger partial charge < -0.3 is 5.32 Å². The Morgan fingerprint density at radius 2 is 1.76 bits per heavy atom. The first kappa shape index (κ1) is 21.1. The zero-order valence-corrected chi connectivity index (χ0v) is 19.2. The van der Waals surface area contributed by atoms with Crippen molar-refractivity contribution < 1.29 is 0 Å². The number of rotatable bonds is 4. The molecular weight excluding hydrogens is 422 g/mol. The highest BCUT2D eigenvalue weighted by molar-refractivity contribution is 5.74. The van der Waals surface area contributed by atoms with Gasteiger partial charge in [0.1, 0.15) is 5.39 Å². The fraction of sp³-hybridized carbons (Fsp3) is 0.455. The zero-order valence-electron chi connectivity index (χ0n) is 19.2. The highest BCUT2D eigenvalue weighted by atomic mass is 16.1. The summed E-state index contributed by atoms with van der Waals surface area (Å²) in [6, 6.07) is 5.42. The van der Waals surface area contributed by atoms with Crippen LogP contribution in [0, 0.1) is 13.8 Å². The minimum Gasteiger partial charge on any atom is -0.353 e. The van der Waals surface area contributed by atoms with Gasteiger partial charge >= 0.3 is 0 Å². The molecule has 0 bridgehead atoms. The average Bonchev–Trinajstić information content (AvgIpc) is 3.33. The molecule has 11 heteroatoms. The van der Waals surface area contributed by atoms with Crippen LogP contribution in [0.1, 0.15) is 43.1 Å². The van der Waals surface area contributed by atoms with Crippen LogP contribution in [0.5, 0.6) is 0 Å². The molecule has 0 aromatic carbocycles. The molecule has 1 aliphatic rings. The number of hydrogen-bond donors (Lipinski definition) is 1. The van der Waals surface area contributed by atoms with Crippen LogP contribution in [0.4, 0.5) is 5.95 Å². The number of aryl methyl sites for hydroxylation is 3. The first-order valence-corrected chi connectivity index (χ1v) is 11.1. The molecule has 0 aliphatic heterocycles. The molecule has 0 unspecified atom stereocenters. The lowest BCUT2D eigenvalue weighted by Gasteiger charge is -2.30. The van der Waals surface area contributed by atoms with Crippen LogP contribution in [0.3, 0.4) is 0 Å². The van der Waals surface area contributed by atoms with Gasteiger partial charge in [-0.05, 0) is 51.7 Å². The Balaban J connectivity index is 1.33. The molecule has 0 atom stereocenters. The predicted molar refractivity (Wildman–Crippen MR) is 124 cm³/mol.